The molecule has 0 aliphatic carbocycles. The third-order valence-corrected chi connectivity index (χ3v) is 3.56. The number of amides is 1. The molecule has 2 rings (SSSR count). The van der Waals surface area contributed by atoms with Crippen molar-refractivity contribution in [1.82, 2.24) is 15.6 Å². The molecule has 2 aromatic rings. The van der Waals surface area contributed by atoms with E-state index in [1.54, 1.807) is 12.1 Å². The van der Waals surface area contributed by atoms with Crippen LogP contribution in [-0.2, 0) is 11.3 Å². The SMILES string of the molecule is CC(=O)NCCNCc1csc(-c2ccc(F)cc2)n1. The van der Waals surface area contributed by atoms with Gasteiger partial charge in [-0.25, -0.2) is 9.37 Å². The summed E-state index contributed by atoms with van der Waals surface area (Å²) in [6.45, 7) is 3.44. The molecule has 6 heteroatoms. The van der Waals surface area contributed by atoms with E-state index in [1.807, 2.05) is 5.38 Å². The molecule has 2 N–H and O–H groups in total. The van der Waals surface area contributed by atoms with E-state index in [2.05, 4.69) is 15.6 Å². The number of rotatable bonds is 6. The number of nitrogens with zero attached hydrogens (tertiary/aromatic N) is 1. The minimum Gasteiger partial charge on any atom is -0.355 e. The van der Waals surface area contributed by atoms with E-state index < -0.39 is 0 Å². The molecule has 0 saturated carbocycles. The smallest absolute Gasteiger partial charge is 0.216 e. The van der Waals surface area contributed by atoms with E-state index in [-0.39, 0.29) is 11.7 Å². The first-order valence-corrected chi connectivity index (χ1v) is 7.18. The second kappa shape index (κ2) is 7.12. The first-order valence-electron chi connectivity index (χ1n) is 6.30. The standard InChI is InChI=1S/C14H16FN3OS/c1-10(19)17-7-6-16-8-13-9-20-14(18-13)11-2-4-12(15)5-3-11/h2-5,9,16H,6-8H2,1H3,(H,17,19). The van der Waals surface area contributed by atoms with E-state index in [4.69, 9.17) is 0 Å². The Hall–Kier alpha value is -1.79. The zero-order valence-electron chi connectivity index (χ0n) is 11.1. The second-order valence-electron chi connectivity index (χ2n) is 4.31. The highest BCUT2D eigenvalue weighted by Gasteiger charge is 2.04. The Bertz CT molecular complexity index is 568. The van der Waals surface area contributed by atoms with Crippen molar-refractivity contribution in [3.63, 3.8) is 0 Å². The quantitative estimate of drug-likeness (QED) is 0.803. The van der Waals surface area contributed by atoms with Crippen LogP contribution in [0.1, 0.15) is 12.6 Å². The fourth-order valence-corrected chi connectivity index (χ4v) is 2.48. The number of nitrogens with one attached hydrogen (secondary N) is 2. The zero-order chi connectivity index (χ0) is 14.4. The summed E-state index contributed by atoms with van der Waals surface area (Å²) in [5.74, 6) is -0.274. The van der Waals surface area contributed by atoms with Gasteiger partial charge in [0.15, 0.2) is 0 Å². The maximum atomic E-state index is 12.8. The van der Waals surface area contributed by atoms with Crippen molar-refractivity contribution in [3.8, 4) is 10.6 Å². The molecule has 1 heterocycles. The molecular formula is C14H16FN3OS. The molecule has 106 valence electrons. The molecule has 0 spiro atoms. The molecule has 0 atom stereocenters. The van der Waals surface area contributed by atoms with Gasteiger partial charge in [0.1, 0.15) is 10.8 Å². The largest absolute Gasteiger partial charge is 0.355 e. The molecule has 1 aromatic carbocycles. The Morgan fingerprint density at radius 2 is 2.05 bits per heavy atom. The van der Waals surface area contributed by atoms with Gasteiger partial charge in [-0.05, 0) is 24.3 Å². The molecule has 0 aliphatic rings. The predicted molar refractivity (Wildman–Crippen MR) is 77.9 cm³/mol. The van der Waals surface area contributed by atoms with Crippen LogP contribution in [0.3, 0.4) is 0 Å². The van der Waals surface area contributed by atoms with Crippen molar-refractivity contribution < 1.29 is 9.18 Å². The zero-order valence-corrected chi connectivity index (χ0v) is 12.0. The van der Waals surface area contributed by atoms with Gasteiger partial charge in [0, 0.05) is 37.5 Å². The van der Waals surface area contributed by atoms with Gasteiger partial charge in [0.25, 0.3) is 0 Å². The van der Waals surface area contributed by atoms with Crippen molar-refractivity contribution in [3.05, 3.63) is 41.2 Å². The van der Waals surface area contributed by atoms with Crippen molar-refractivity contribution in [2.24, 2.45) is 0 Å². The molecule has 0 saturated heterocycles. The average Bonchev–Trinajstić information content (AvgIpc) is 2.87. The number of carbonyl (C=O) groups excluding carboxylic acids is 1. The van der Waals surface area contributed by atoms with Crippen molar-refractivity contribution >= 4 is 17.2 Å². The molecule has 1 aromatic heterocycles. The summed E-state index contributed by atoms with van der Waals surface area (Å²) in [4.78, 5) is 15.2. The van der Waals surface area contributed by atoms with Crippen LogP contribution < -0.4 is 10.6 Å². The van der Waals surface area contributed by atoms with Crippen molar-refractivity contribution in [2.45, 2.75) is 13.5 Å². The van der Waals surface area contributed by atoms with Gasteiger partial charge < -0.3 is 10.6 Å². The number of aromatic nitrogens is 1. The van der Waals surface area contributed by atoms with Crippen LogP contribution in [0.4, 0.5) is 4.39 Å². The minimum absolute atomic E-state index is 0.0287. The van der Waals surface area contributed by atoms with Crippen molar-refractivity contribution in [1.29, 1.82) is 0 Å². The van der Waals surface area contributed by atoms with Crippen LogP contribution in [0.15, 0.2) is 29.6 Å². The third-order valence-electron chi connectivity index (χ3n) is 2.62. The lowest BCUT2D eigenvalue weighted by Crippen LogP contribution is -2.29. The van der Waals surface area contributed by atoms with Crippen LogP contribution in [0, 0.1) is 5.82 Å². The molecule has 0 bridgehead atoms. The maximum absolute atomic E-state index is 12.8. The number of carbonyl (C=O) groups is 1. The van der Waals surface area contributed by atoms with Gasteiger partial charge in [-0.2, -0.15) is 0 Å². The monoisotopic (exact) mass is 293 g/mol. The lowest BCUT2D eigenvalue weighted by atomic mass is 10.2. The van der Waals surface area contributed by atoms with Crippen LogP contribution in [0.5, 0.6) is 0 Å². The van der Waals surface area contributed by atoms with Crippen LogP contribution in [0.2, 0.25) is 0 Å². The Kier molecular flexibility index (Phi) is 5.20. The Morgan fingerprint density at radius 3 is 2.75 bits per heavy atom. The van der Waals surface area contributed by atoms with Gasteiger partial charge in [0.2, 0.25) is 5.91 Å². The number of benzene rings is 1. The van der Waals surface area contributed by atoms with Crippen LogP contribution in [0.25, 0.3) is 10.6 Å². The third kappa shape index (κ3) is 4.40. The molecule has 0 aliphatic heterocycles. The lowest BCUT2D eigenvalue weighted by Gasteiger charge is -2.03. The normalized spacial score (nSPS) is 10.5. The van der Waals surface area contributed by atoms with Crippen LogP contribution in [-0.4, -0.2) is 24.0 Å². The number of halogens is 1. The summed E-state index contributed by atoms with van der Waals surface area (Å²) in [7, 11) is 0. The highest BCUT2D eigenvalue weighted by atomic mass is 32.1. The molecule has 4 nitrogen and oxygen atoms in total. The lowest BCUT2D eigenvalue weighted by molar-refractivity contribution is -0.118. The summed E-state index contributed by atoms with van der Waals surface area (Å²) in [6, 6.07) is 6.31. The maximum Gasteiger partial charge on any atom is 0.216 e. The molecule has 20 heavy (non-hydrogen) atoms. The van der Waals surface area contributed by atoms with E-state index in [1.165, 1.54) is 30.4 Å². The fourth-order valence-electron chi connectivity index (χ4n) is 1.66. The predicted octanol–water partition coefficient (Wildman–Crippen LogP) is 2.17. The highest BCUT2D eigenvalue weighted by Crippen LogP contribution is 2.23. The van der Waals surface area contributed by atoms with Gasteiger partial charge >= 0.3 is 0 Å². The van der Waals surface area contributed by atoms with Gasteiger partial charge in [-0.3, -0.25) is 4.79 Å². The number of hydrogen-bond acceptors (Lipinski definition) is 4. The highest BCUT2D eigenvalue weighted by molar-refractivity contribution is 7.13. The Balaban J connectivity index is 1.83. The van der Waals surface area contributed by atoms with Crippen molar-refractivity contribution in [2.75, 3.05) is 13.1 Å². The number of hydrogen-bond donors (Lipinski definition) is 2. The van der Waals surface area contributed by atoms with Gasteiger partial charge in [-0.15, -0.1) is 11.3 Å². The summed E-state index contributed by atoms with van der Waals surface area (Å²) in [5.41, 5.74) is 1.86. The number of thiazole rings is 1. The fraction of sp³-hybridized carbons (Fsp3) is 0.286. The summed E-state index contributed by atoms with van der Waals surface area (Å²) >= 11 is 1.53. The van der Waals surface area contributed by atoms with E-state index >= 15 is 0 Å². The summed E-state index contributed by atoms with van der Waals surface area (Å²) in [6.07, 6.45) is 0. The minimum atomic E-state index is -0.245. The average molecular weight is 293 g/mol. The summed E-state index contributed by atoms with van der Waals surface area (Å²) < 4.78 is 12.8. The molecular weight excluding hydrogens is 277 g/mol. The molecule has 1 amide bonds. The molecule has 0 radical (unpaired) electrons. The summed E-state index contributed by atoms with van der Waals surface area (Å²) in [5, 5.41) is 8.77. The van der Waals surface area contributed by atoms with E-state index in [9.17, 15) is 9.18 Å². The van der Waals surface area contributed by atoms with Gasteiger partial charge in [-0.1, -0.05) is 0 Å². The first kappa shape index (κ1) is 14.6. The topological polar surface area (TPSA) is 54.0 Å². The van der Waals surface area contributed by atoms with E-state index in [0.29, 0.717) is 19.6 Å². The Morgan fingerprint density at radius 1 is 1.30 bits per heavy atom. The molecule has 0 fully saturated rings. The Labute approximate surface area is 121 Å². The van der Waals surface area contributed by atoms with Gasteiger partial charge in [0.05, 0.1) is 5.69 Å². The van der Waals surface area contributed by atoms with E-state index in [0.717, 1.165) is 16.3 Å². The second-order valence-corrected chi connectivity index (χ2v) is 5.17. The first-order chi connectivity index (χ1) is 9.65. The van der Waals surface area contributed by atoms with Crippen LogP contribution >= 0.6 is 11.3 Å². The molecule has 0 unspecified atom stereocenters.